The van der Waals surface area contributed by atoms with Gasteiger partial charge in [-0.2, -0.15) is 11.8 Å². The van der Waals surface area contributed by atoms with Crippen LogP contribution in [0.1, 0.15) is 37.9 Å². The molecule has 0 spiro atoms. The molecule has 19 heavy (non-hydrogen) atoms. The van der Waals surface area contributed by atoms with Crippen molar-refractivity contribution in [1.29, 1.82) is 0 Å². The van der Waals surface area contributed by atoms with E-state index in [9.17, 15) is 4.79 Å². The Morgan fingerprint density at radius 3 is 3.16 bits per heavy atom. The predicted molar refractivity (Wildman–Crippen MR) is 75.9 cm³/mol. The second-order valence-electron chi connectivity index (χ2n) is 4.72. The van der Waals surface area contributed by atoms with E-state index in [1.165, 1.54) is 18.5 Å². The van der Waals surface area contributed by atoms with Crippen molar-refractivity contribution in [1.82, 2.24) is 9.55 Å². The van der Waals surface area contributed by atoms with Crippen molar-refractivity contribution in [2.45, 2.75) is 44.0 Å². The van der Waals surface area contributed by atoms with Gasteiger partial charge in [0.25, 0.3) is 0 Å². The number of thioether (sulfide) groups is 1. The number of aromatic nitrogens is 2. The fourth-order valence-corrected chi connectivity index (χ4v) is 2.88. The van der Waals surface area contributed by atoms with Gasteiger partial charge in [-0.1, -0.05) is 0 Å². The van der Waals surface area contributed by atoms with Crippen molar-refractivity contribution in [2.24, 2.45) is 5.73 Å². The Hall–Kier alpha value is -1.01. The van der Waals surface area contributed by atoms with Crippen LogP contribution in [0.2, 0.25) is 0 Å². The number of ether oxygens (including phenoxy) is 1. The van der Waals surface area contributed by atoms with Crippen molar-refractivity contribution in [3.05, 3.63) is 18.2 Å². The molecule has 6 heteroatoms. The monoisotopic (exact) mass is 283 g/mol. The fourth-order valence-electron chi connectivity index (χ4n) is 1.88. The first-order valence-electron chi connectivity index (χ1n) is 6.73. The van der Waals surface area contributed by atoms with Crippen molar-refractivity contribution in [2.75, 3.05) is 12.4 Å². The van der Waals surface area contributed by atoms with Gasteiger partial charge in [-0.25, -0.2) is 4.98 Å². The Labute approximate surface area is 117 Å². The molecule has 1 heterocycles. The van der Waals surface area contributed by atoms with E-state index in [4.69, 9.17) is 10.5 Å². The summed E-state index contributed by atoms with van der Waals surface area (Å²) in [5, 5.41) is 0. The summed E-state index contributed by atoms with van der Waals surface area (Å²) < 4.78 is 7.14. The van der Waals surface area contributed by atoms with Crippen LogP contribution in [0.5, 0.6) is 0 Å². The molecule has 2 rings (SSSR count). The van der Waals surface area contributed by atoms with E-state index in [0.29, 0.717) is 19.1 Å². The highest BCUT2D eigenvalue weighted by Gasteiger charge is 2.25. The summed E-state index contributed by atoms with van der Waals surface area (Å²) in [6.45, 7) is 2.18. The molecule has 0 aromatic carbocycles. The van der Waals surface area contributed by atoms with E-state index in [2.05, 4.69) is 9.55 Å². The molecule has 0 amide bonds. The summed E-state index contributed by atoms with van der Waals surface area (Å²) >= 11 is 1.79. The third kappa shape index (κ3) is 4.24. The van der Waals surface area contributed by atoms with Gasteiger partial charge in [0.2, 0.25) is 0 Å². The summed E-state index contributed by atoms with van der Waals surface area (Å²) in [5.41, 5.74) is 7.01. The van der Waals surface area contributed by atoms with Gasteiger partial charge in [0.05, 0.1) is 12.9 Å². The van der Waals surface area contributed by atoms with Gasteiger partial charge in [0.1, 0.15) is 6.04 Å². The quantitative estimate of drug-likeness (QED) is 0.581. The van der Waals surface area contributed by atoms with Crippen molar-refractivity contribution >= 4 is 17.7 Å². The Morgan fingerprint density at radius 1 is 1.68 bits per heavy atom. The number of esters is 1. The second kappa shape index (κ2) is 6.96. The Balaban J connectivity index is 1.66. The molecule has 1 aliphatic carbocycles. The number of imidazole rings is 1. The molecule has 1 fully saturated rings. The van der Waals surface area contributed by atoms with Gasteiger partial charge >= 0.3 is 5.97 Å². The zero-order valence-electron chi connectivity index (χ0n) is 11.2. The van der Waals surface area contributed by atoms with E-state index in [1.54, 1.807) is 18.7 Å². The minimum absolute atomic E-state index is 0.300. The topological polar surface area (TPSA) is 70.1 Å². The standard InChI is InChI=1S/C13H21N3O2S/c1-2-18-13(17)12(14)5-6-19-8-11-7-15-9-16(11)10-3-4-10/h7,9-10,12H,2-6,8,14H2,1H3. The summed E-state index contributed by atoms with van der Waals surface area (Å²) in [5.74, 6) is 1.48. The van der Waals surface area contributed by atoms with Gasteiger partial charge in [-0.05, 0) is 31.9 Å². The molecule has 0 radical (unpaired) electrons. The third-order valence-corrected chi connectivity index (χ3v) is 4.12. The summed E-state index contributed by atoms with van der Waals surface area (Å²) in [6, 6.07) is 0.167. The highest BCUT2D eigenvalue weighted by atomic mass is 32.2. The minimum Gasteiger partial charge on any atom is -0.465 e. The van der Waals surface area contributed by atoms with Crippen LogP contribution in [0.3, 0.4) is 0 Å². The molecule has 2 N–H and O–H groups in total. The Kier molecular flexibility index (Phi) is 5.27. The minimum atomic E-state index is -0.499. The lowest BCUT2D eigenvalue weighted by atomic mass is 10.2. The summed E-state index contributed by atoms with van der Waals surface area (Å²) in [7, 11) is 0. The number of hydrogen-bond donors (Lipinski definition) is 1. The van der Waals surface area contributed by atoms with Crippen LogP contribution in [-0.4, -0.2) is 33.9 Å². The molecule has 1 aromatic rings. The van der Waals surface area contributed by atoms with Gasteiger partial charge in [0, 0.05) is 23.7 Å². The van der Waals surface area contributed by atoms with E-state index in [0.717, 1.165) is 11.5 Å². The lowest BCUT2D eigenvalue weighted by Crippen LogP contribution is -2.32. The molecule has 1 aliphatic rings. The molecule has 5 nitrogen and oxygen atoms in total. The number of rotatable bonds is 8. The van der Waals surface area contributed by atoms with E-state index >= 15 is 0 Å². The van der Waals surface area contributed by atoms with Crippen molar-refractivity contribution in [3.8, 4) is 0 Å². The first-order chi connectivity index (χ1) is 9.22. The maximum atomic E-state index is 11.3. The normalized spacial score (nSPS) is 16.3. The molecule has 1 saturated carbocycles. The van der Waals surface area contributed by atoms with E-state index in [1.807, 2.05) is 12.5 Å². The second-order valence-corrected chi connectivity index (χ2v) is 5.83. The van der Waals surface area contributed by atoms with Gasteiger partial charge in [-0.3, -0.25) is 4.79 Å². The smallest absolute Gasteiger partial charge is 0.322 e. The van der Waals surface area contributed by atoms with Gasteiger partial charge in [-0.15, -0.1) is 0 Å². The van der Waals surface area contributed by atoms with Gasteiger partial charge in [0.15, 0.2) is 0 Å². The Bertz CT molecular complexity index is 418. The maximum Gasteiger partial charge on any atom is 0.322 e. The largest absolute Gasteiger partial charge is 0.465 e. The van der Waals surface area contributed by atoms with Crippen LogP contribution in [-0.2, 0) is 15.3 Å². The van der Waals surface area contributed by atoms with Crippen LogP contribution in [0, 0.1) is 0 Å². The number of nitrogens with zero attached hydrogens (tertiary/aromatic N) is 2. The predicted octanol–water partition coefficient (Wildman–Crippen LogP) is 1.73. The summed E-state index contributed by atoms with van der Waals surface area (Å²) in [4.78, 5) is 15.5. The molecule has 1 unspecified atom stereocenters. The highest BCUT2D eigenvalue weighted by Crippen LogP contribution is 2.36. The summed E-state index contributed by atoms with van der Waals surface area (Å²) in [6.07, 6.45) is 7.03. The molecule has 106 valence electrons. The molecule has 0 bridgehead atoms. The third-order valence-electron chi connectivity index (χ3n) is 3.10. The fraction of sp³-hybridized carbons (Fsp3) is 0.692. The van der Waals surface area contributed by atoms with Crippen LogP contribution >= 0.6 is 11.8 Å². The SMILES string of the molecule is CCOC(=O)C(N)CCSCc1cncn1C1CC1. The lowest BCUT2D eigenvalue weighted by molar-refractivity contribution is -0.144. The van der Waals surface area contributed by atoms with Crippen LogP contribution < -0.4 is 5.73 Å². The number of carbonyl (C=O) groups is 1. The molecule has 1 atom stereocenters. The van der Waals surface area contributed by atoms with Crippen LogP contribution in [0.25, 0.3) is 0 Å². The molecule has 0 saturated heterocycles. The van der Waals surface area contributed by atoms with Gasteiger partial charge < -0.3 is 15.0 Å². The average molecular weight is 283 g/mol. The average Bonchev–Trinajstić information content (AvgIpc) is 3.14. The molecular weight excluding hydrogens is 262 g/mol. The maximum absolute atomic E-state index is 11.3. The zero-order chi connectivity index (χ0) is 13.7. The van der Waals surface area contributed by atoms with Crippen molar-refractivity contribution < 1.29 is 9.53 Å². The van der Waals surface area contributed by atoms with Crippen LogP contribution in [0.4, 0.5) is 0 Å². The highest BCUT2D eigenvalue weighted by molar-refractivity contribution is 7.98. The van der Waals surface area contributed by atoms with E-state index in [-0.39, 0.29) is 5.97 Å². The molecule has 0 aliphatic heterocycles. The number of nitrogens with two attached hydrogens (primary N) is 1. The number of carbonyl (C=O) groups excluding carboxylic acids is 1. The zero-order valence-corrected chi connectivity index (χ0v) is 12.1. The van der Waals surface area contributed by atoms with E-state index < -0.39 is 6.04 Å². The lowest BCUT2D eigenvalue weighted by Gasteiger charge is -2.10. The number of hydrogen-bond acceptors (Lipinski definition) is 5. The first kappa shape index (κ1) is 14.4. The first-order valence-corrected chi connectivity index (χ1v) is 7.88. The molecular formula is C13H21N3O2S. The van der Waals surface area contributed by atoms with Crippen molar-refractivity contribution in [3.63, 3.8) is 0 Å². The molecule has 1 aromatic heterocycles. The van der Waals surface area contributed by atoms with Crippen LogP contribution in [0.15, 0.2) is 12.5 Å². The Morgan fingerprint density at radius 2 is 2.47 bits per heavy atom.